The minimum absolute atomic E-state index is 0.124. The summed E-state index contributed by atoms with van der Waals surface area (Å²) in [4.78, 5) is 13.8. The van der Waals surface area contributed by atoms with Crippen molar-refractivity contribution in [3.05, 3.63) is 47.5 Å². The molecular formula is C24H31NO2. The van der Waals surface area contributed by atoms with E-state index in [1.807, 2.05) is 6.08 Å². The molecule has 3 saturated heterocycles. The largest absolute Gasteiger partial charge is 0.469 e. The van der Waals surface area contributed by atoms with Gasteiger partial charge in [0.2, 0.25) is 0 Å². The van der Waals surface area contributed by atoms with Crippen LogP contribution < -0.4 is 0 Å². The Morgan fingerprint density at radius 1 is 1.33 bits per heavy atom. The number of rotatable bonds is 7. The molecule has 3 nitrogen and oxygen atoms in total. The molecule has 27 heavy (non-hydrogen) atoms. The number of nitrogens with zero attached hydrogens (tertiary/aromatic N) is 1. The predicted octanol–water partition coefficient (Wildman–Crippen LogP) is 3.99. The molecule has 3 fully saturated rings. The molecule has 0 aromatic heterocycles. The Balaban J connectivity index is 1.63. The quantitative estimate of drug-likeness (QED) is 0.317. The second-order valence-electron chi connectivity index (χ2n) is 7.78. The standard InChI is InChI=1S/C24H31NO2/c1-3-6-22-17-19(7-4-5-8-24(26)27-2)9-10-20(22)11-12-23-18-25-15-13-21(23)14-16-25/h3,9-10,17,21,23H,1,4-8,13-16,18H2,2H3. The monoisotopic (exact) mass is 365 g/mol. The number of unbranched alkanes of at least 4 members (excludes halogenated alkanes) is 1. The van der Waals surface area contributed by atoms with Gasteiger partial charge < -0.3 is 9.64 Å². The molecule has 1 atom stereocenters. The summed E-state index contributed by atoms with van der Waals surface area (Å²) in [7, 11) is 1.44. The van der Waals surface area contributed by atoms with Crippen molar-refractivity contribution in [1.29, 1.82) is 0 Å². The Kier molecular flexibility index (Phi) is 7.12. The molecule has 0 N–H and O–H groups in total. The molecule has 0 radical (unpaired) electrons. The van der Waals surface area contributed by atoms with Crippen molar-refractivity contribution in [2.45, 2.75) is 44.9 Å². The number of esters is 1. The number of aryl methyl sites for hydroxylation is 1. The van der Waals surface area contributed by atoms with Crippen LogP contribution in [-0.2, 0) is 22.4 Å². The zero-order chi connectivity index (χ0) is 19.1. The van der Waals surface area contributed by atoms with Crippen LogP contribution >= 0.6 is 0 Å². The Labute approximate surface area is 163 Å². The highest BCUT2D eigenvalue weighted by Gasteiger charge is 2.32. The summed E-state index contributed by atoms with van der Waals surface area (Å²) in [5, 5.41) is 0. The van der Waals surface area contributed by atoms with E-state index in [9.17, 15) is 4.79 Å². The molecule has 0 saturated carbocycles. The van der Waals surface area contributed by atoms with Crippen molar-refractivity contribution >= 4 is 5.97 Å². The molecule has 3 aliphatic rings. The first-order valence-corrected chi connectivity index (χ1v) is 10.2. The minimum Gasteiger partial charge on any atom is -0.469 e. The maximum absolute atomic E-state index is 11.2. The number of hydrogen-bond donors (Lipinski definition) is 0. The zero-order valence-corrected chi connectivity index (χ0v) is 16.5. The number of ether oxygens (including phenoxy) is 1. The average molecular weight is 366 g/mol. The molecule has 1 aromatic carbocycles. The average Bonchev–Trinajstić information content (AvgIpc) is 2.71. The molecule has 1 aromatic rings. The van der Waals surface area contributed by atoms with Crippen LogP contribution in [-0.4, -0.2) is 37.6 Å². The van der Waals surface area contributed by atoms with Gasteiger partial charge in [-0.05, 0) is 74.7 Å². The molecule has 3 aliphatic heterocycles. The van der Waals surface area contributed by atoms with Crippen LogP contribution in [0.15, 0.2) is 30.9 Å². The van der Waals surface area contributed by atoms with Crippen molar-refractivity contribution in [3.8, 4) is 11.8 Å². The Hall–Kier alpha value is -2.05. The van der Waals surface area contributed by atoms with E-state index >= 15 is 0 Å². The number of fused-ring (bicyclic) bond motifs is 3. The van der Waals surface area contributed by atoms with Gasteiger partial charge in [0.15, 0.2) is 0 Å². The summed E-state index contributed by atoms with van der Waals surface area (Å²) in [6.07, 6.45) is 8.76. The van der Waals surface area contributed by atoms with Gasteiger partial charge in [-0.15, -0.1) is 6.58 Å². The zero-order valence-electron chi connectivity index (χ0n) is 16.5. The fraction of sp³-hybridized carbons (Fsp3) is 0.542. The molecule has 4 rings (SSSR count). The molecule has 0 aliphatic carbocycles. The van der Waals surface area contributed by atoms with E-state index in [2.05, 4.69) is 41.5 Å². The molecule has 2 bridgehead atoms. The number of methoxy groups -OCH3 is 1. The van der Waals surface area contributed by atoms with Crippen LogP contribution in [0, 0.1) is 23.7 Å². The normalized spacial score (nSPS) is 23.4. The fourth-order valence-corrected chi connectivity index (χ4v) is 4.25. The van der Waals surface area contributed by atoms with Gasteiger partial charge in [-0.25, -0.2) is 0 Å². The molecule has 3 heterocycles. The summed E-state index contributed by atoms with van der Waals surface area (Å²) in [5.41, 5.74) is 3.72. The summed E-state index contributed by atoms with van der Waals surface area (Å²) in [6.45, 7) is 7.57. The highest BCUT2D eigenvalue weighted by Crippen LogP contribution is 2.31. The first kappa shape index (κ1) is 19.7. The number of piperidine rings is 3. The predicted molar refractivity (Wildman–Crippen MR) is 109 cm³/mol. The number of carbonyl (C=O) groups is 1. The topological polar surface area (TPSA) is 29.5 Å². The first-order chi connectivity index (χ1) is 13.2. The SMILES string of the molecule is C=CCc1cc(CCCCC(=O)OC)ccc1C#CC1CN2CCC1CC2. The van der Waals surface area contributed by atoms with Gasteiger partial charge in [-0.2, -0.15) is 0 Å². The summed E-state index contributed by atoms with van der Waals surface area (Å²) < 4.78 is 4.70. The van der Waals surface area contributed by atoms with Crippen LogP contribution in [0.2, 0.25) is 0 Å². The fourth-order valence-electron chi connectivity index (χ4n) is 4.25. The van der Waals surface area contributed by atoms with Crippen molar-refractivity contribution < 1.29 is 9.53 Å². The first-order valence-electron chi connectivity index (χ1n) is 10.2. The van der Waals surface area contributed by atoms with Crippen molar-refractivity contribution in [2.24, 2.45) is 11.8 Å². The number of carbonyl (C=O) groups excluding carboxylic acids is 1. The maximum atomic E-state index is 11.2. The summed E-state index contributed by atoms with van der Waals surface area (Å²) >= 11 is 0. The second kappa shape index (κ2) is 9.76. The highest BCUT2D eigenvalue weighted by molar-refractivity contribution is 5.68. The highest BCUT2D eigenvalue weighted by atomic mass is 16.5. The molecule has 0 amide bonds. The van der Waals surface area contributed by atoms with Crippen molar-refractivity contribution in [2.75, 3.05) is 26.7 Å². The van der Waals surface area contributed by atoms with E-state index in [4.69, 9.17) is 4.74 Å². The Bertz CT molecular complexity index is 720. The number of hydrogen-bond acceptors (Lipinski definition) is 3. The minimum atomic E-state index is -0.124. The van der Waals surface area contributed by atoms with E-state index in [0.717, 1.165) is 43.7 Å². The maximum Gasteiger partial charge on any atom is 0.305 e. The smallest absolute Gasteiger partial charge is 0.305 e. The molecular weight excluding hydrogens is 334 g/mol. The number of benzene rings is 1. The van der Waals surface area contributed by atoms with E-state index in [1.54, 1.807) is 0 Å². The molecule has 144 valence electrons. The molecule has 3 heteroatoms. The molecule has 0 spiro atoms. The van der Waals surface area contributed by atoms with Gasteiger partial charge in [-0.1, -0.05) is 30.0 Å². The Morgan fingerprint density at radius 2 is 2.15 bits per heavy atom. The van der Waals surface area contributed by atoms with Crippen LogP contribution in [0.5, 0.6) is 0 Å². The lowest BCUT2D eigenvalue weighted by molar-refractivity contribution is -0.140. The van der Waals surface area contributed by atoms with E-state index in [1.165, 1.54) is 44.2 Å². The van der Waals surface area contributed by atoms with Gasteiger partial charge in [0.05, 0.1) is 7.11 Å². The third kappa shape index (κ3) is 5.47. The lowest BCUT2D eigenvalue weighted by atomic mass is 9.79. The van der Waals surface area contributed by atoms with Crippen molar-refractivity contribution in [1.82, 2.24) is 4.90 Å². The van der Waals surface area contributed by atoms with E-state index < -0.39 is 0 Å². The van der Waals surface area contributed by atoms with Crippen LogP contribution in [0.25, 0.3) is 0 Å². The summed E-state index contributed by atoms with van der Waals surface area (Å²) in [5.74, 6) is 8.26. The van der Waals surface area contributed by atoms with Gasteiger partial charge in [0.1, 0.15) is 0 Å². The Morgan fingerprint density at radius 3 is 2.81 bits per heavy atom. The van der Waals surface area contributed by atoms with Gasteiger partial charge in [0.25, 0.3) is 0 Å². The van der Waals surface area contributed by atoms with E-state index in [-0.39, 0.29) is 5.97 Å². The van der Waals surface area contributed by atoms with Gasteiger partial charge >= 0.3 is 5.97 Å². The van der Waals surface area contributed by atoms with E-state index in [0.29, 0.717) is 12.3 Å². The van der Waals surface area contributed by atoms with Gasteiger partial charge in [0, 0.05) is 24.4 Å². The number of allylic oxidation sites excluding steroid dienone is 1. The van der Waals surface area contributed by atoms with Crippen molar-refractivity contribution in [3.63, 3.8) is 0 Å². The van der Waals surface area contributed by atoms with Gasteiger partial charge in [-0.3, -0.25) is 4.79 Å². The lowest BCUT2D eigenvalue weighted by Crippen LogP contribution is -2.46. The third-order valence-corrected chi connectivity index (χ3v) is 5.91. The lowest BCUT2D eigenvalue weighted by Gasteiger charge is -2.42. The second-order valence-corrected chi connectivity index (χ2v) is 7.78. The molecule has 1 unspecified atom stereocenters. The third-order valence-electron chi connectivity index (χ3n) is 5.91. The van der Waals surface area contributed by atoms with Crippen LogP contribution in [0.3, 0.4) is 0 Å². The summed E-state index contributed by atoms with van der Waals surface area (Å²) in [6, 6.07) is 6.62. The van der Waals surface area contributed by atoms with Crippen LogP contribution in [0.1, 0.15) is 48.8 Å². The van der Waals surface area contributed by atoms with Crippen LogP contribution in [0.4, 0.5) is 0 Å².